The van der Waals surface area contributed by atoms with Crippen molar-refractivity contribution in [2.45, 2.75) is 85.2 Å². The number of carbonyl (C=O) groups excluding carboxylic acids is 1. The second-order valence-corrected chi connectivity index (χ2v) is 11.0. The van der Waals surface area contributed by atoms with Crippen molar-refractivity contribution < 1.29 is 23.7 Å². The zero-order valence-corrected chi connectivity index (χ0v) is 20.2. The van der Waals surface area contributed by atoms with Crippen LogP contribution < -0.4 is 0 Å². The van der Waals surface area contributed by atoms with Crippen LogP contribution >= 0.6 is 0 Å². The van der Waals surface area contributed by atoms with E-state index in [2.05, 4.69) is 27.7 Å². The molecule has 2 fully saturated rings. The Kier molecular flexibility index (Phi) is 6.86. The fourth-order valence-electron chi connectivity index (χ4n) is 7.43. The van der Waals surface area contributed by atoms with Gasteiger partial charge in [0, 0.05) is 31.7 Å². The summed E-state index contributed by atoms with van der Waals surface area (Å²) in [7, 11) is 1.64. The maximum atomic E-state index is 13.2. The third kappa shape index (κ3) is 4.00. The fraction of sp³-hybridized carbons (Fsp3) is 0.885. The van der Waals surface area contributed by atoms with Crippen LogP contribution in [0, 0.1) is 34.5 Å². The number of methoxy groups -OCH3 is 1. The van der Waals surface area contributed by atoms with Crippen LogP contribution in [-0.2, 0) is 23.7 Å². The quantitative estimate of drug-likeness (QED) is 0.288. The van der Waals surface area contributed by atoms with Crippen LogP contribution in [0.5, 0.6) is 0 Å². The van der Waals surface area contributed by atoms with E-state index in [-0.39, 0.29) is 28.8 Å². The highest BCUT2D eigenvalue weighted by atomic mass is 16.7. The molecule has 0 amide bonds. The van der Waals surface area contributed by atoms with Gasteiger partial charge in [0.05, 0.1) is 12.0 Å². The van der Waals surface area contributed by atoms with E-state index < -0.39 is 0 Å². The lowest BCUT2D eigenvalue weighted by atomic mass is 9.55. The van der Waals surface area contributed by atoms with Crippen molar-refractivity contribution in [1.82, 2.24) is 0 Å². The molecule has 0 aromatic heterocycles. The van der Waals surface area contributed by atoms with Gasteiger partial charge in [-0.2, -0.15) is 0 Å². The lowest BCUT2D eigenvalue weighted by Gasteiger charge is -2.53. The first-order chi connectivity index (χ1) is 14.8. The van der Waals surface area contributed by atoms with E-state index >= 15 is 0 Å². The molecule has 176 valence electrons. The molecule has 0 unspecified atom stereocenters. The summed E-state index contributed by atoms with van der Waals surface area (Å²) in [5.74, 6) is 2.48. The summed E-state index contributed by atoms with van der Waals surface area (Å²) in [5.41, 5.74) is 1.57. The van der Waals surface area contributed by atoms with Crippen LogP contribution in [0.4, 0.5) is 0 Å². The summed E-state index contributed by atoms with van der Waals surface area (Å²) in [6, 6.07) is 0. The molecule has 3 aliphatic carbocycles. The average Bonchev–Trinajstić information content (AvgIpc) is 3.10. The summed E-state index contributed by atoms with van der Waals surface area (Å²) in [6.45, 7) is 11.3. The molecule has 0 spiro atoms. The summed E-state index contributed by atoms with van der Waals surface area (Å²) in [6.07, 6.45) is 8.47. The number of hydrogen-bond donors (Lipinski definition) is 0. The Morgan fingerprint density at radius 1 is 1.16 bits per heavy atom. The normalized spacial score (nSPS) is 40.7. The van der Waals surface area contributed by atoms with E-state index in [1.165, 1.54) is 18.4 Å². The van der Waals surface area contributed by atoms with Crippen molar-refractivity contribution >= 4 is 5.97 Å². The Morgan fingerprint density at radius 2 is 1.97 bits per heavy atom. The van der Waals surface area contributed by atoms with E-state index in [1.54, 1.807) is 7.11 Å². The van der Waals surface area contributed by atoms with E-state index in [1.807, 2.05) is 0 Å². The highest BCUT2D eigenvalue weighted by molar-refractivity contribution is 5.77. The van der Waals surface area contributed by atoms with Gasteiger partial charge in [-0.1, -0.05) is 27.7 Å². The summed E-state index contributed by atoms with van der Waals surface area (Å²) >= 11 is 0. The first kappa shape index (κ1) is 23.3. The summed E-state index contributed by atoms with van der Waals surface area (Å²) in [4.78, 5) is 13.2. The third-order valence-electron chi connectivity index (χ3n) is 9.21. The van der Waals surface area contributed by atoms with Gasteiger partial charge < -0.3 is 18.9 Å². The molecule has 0 aromatic rings. The Bertz CT molecular complexity index is 702. The molecule has 0 bridgehead atoms. The van der Waals surface area contributed by atoms with Crippen LogP contribution in [0.2, 0.25) is 0 Å². The summed E-state index contributed by atoms with van der Waals surface area (Å²) < 4.78 is 23.0. The first-order valence-corrected chi connectivity index (χ1v) is 12.5. The molecule has 0 aromatic carbocycles. The molecular weight excluding hydrogens is 392 g/mol. The molecule has 1 heterocycles. The molecule has 0 saturated heterocycles. The minimum Gasteiger partial charge on any atom is -0.431 e. The number of rotatable bonds is 8. The number of fused-ring (bicyclic) bond motifs is 4. The second-order valence-electron chi connectivity index (χ2n) is 11.0. The Labute approximate surface area is 188 Å². The molecule has 5 nitrogen and oxygen atoms in total. The number of allylic oxidation sites excluding steroid dienone is 2. The molecule has 31 heavy (non-hydrogen) atoms. The topological polar surface area (TPSA) is 54.0 Å². The maximum absolute atomic E-state index is 13.2. The van der Waals surface area contributed by atoms with Crippen molar-refractivity contribution in [3.8, 4) is 0 Å². The molecule has 2 saturated carbocycles. The Morgan fingerprint density at radius 3 is 2.71 bits per heavy atom. The van der Waals surface area contributed by atoms with Crippen molar-refractivity contribution in [2.24, 2.45) is 34.5 Å². The molecule has 7 atom stereocenters. The van der Waals surface area contributed by atoms with Crippen LogP contribution in [-0.4, -0.2) is 39.2 Å². The first-order valence-electron chi connectivity index (χ1n) is 12.5. The van der Waals surface area contributed by atoms with Gasteiger partial charge in [0.2, 0.25) is 0 Å². The molecule has 4 rings (SSSR count). The number of carbonyl (C=O) groups is 1. The average molecular weight is 435 g/mol. The summed E-state index contributed by atoms with van der Waals surface area (Å²) in [5, 5.41) is 0. The number of esters is 1. The standard InChI is InChI=1S/C26H42O5/c1-6-13-29-15-17(2)19-7-8-20-23-21(10-12-25(19,20)3)26(4)11-9-18(30-16-28-5)14-22(26)24(27)31-23/h17-20,22H,6-16H2,1-5H3/t17-,18+,19-,20+,22-,25-,26-/m1/s1. The highest BCUT2D eigenvalue weighted by Gasteiger charge is 2.59. The second kappa shape index (κ2) is 9.15. The maximum Gasteiger partial charge on any atom is 0.315 e. The van der Waals surface area contributed by atoms with Gasteiger partial charge in [-0.05, 0) is 74.2 Å². The molecule has 0 N–H and O–H groups in total. The fourth-order valence-corrected chi connectivity index (χ4v) is 7.43. The van der Waals surface area contributed by atoms with Gasteiger partial charge in [-0.15, -0.1) is 0 Å². The van der Waals surface area contributed by atoms with Gasteiger partial charge in [0.25, 0.3) is 0 Å². The van der Waals surface area contributed by atoms with E-state index in [4.69, 9.17) is 18.9 Å². The van der Waals surface area contributed by atoms with Crippen LogP contribution in [0.25, 0.3) is 0 Å². The van der Waals surface area contributed by atoms with E-state index in [0.29, 0.717) is 24.5 Å². The lowest BCUT2D eigenvalue weighted by molar-refractivity contribution is -0.164. The van der Waals surface area contributed by atoms with Crippen molar-refractivity contribution in [3.63, 3.8) is 0 Å². The molecule has 1 aliphatic heterocycles. The van der Waals surface area contributed by atoms with Crippen molar-refractivity contribution in [1.29, 1.82) is 0 Å². The van der Waals surface area contributed by atoms with Crippen molar-refractivity contribution in [3.05, 3.63) is 11.3 Å². The van der Waals surface area contributed by atoms with Gasteiger partial charge in [-0.25, -0.2) is 0 Å². The van der Waals surface area contributed by atoms with E-state index in [9.17, 15) is 4.79 Å². The van der Waals surface area contributed by atoms with E-state index in [0.717, 1.165) is 57.5 Å². The lowest BCUT2D eigenvalue weighted by Crippen LogP contribution is -2.50. The highest BCUT2D eigenvalue weighted by Crippen LogP contribution is 2.64. The minimum absolute atomic E-state index is 0.0287. The van der Waals surface area contributed by atoms with Crippen molar-refractivity contribution in [2.75, 3.05) is 27.1 Å². The zero-order valence-electron chi connectivity index (χ0n) is 20.2. The van der Waals surface area contributed by atoms with Crippen LogP contribution in [0.3, 0.4) is 0 Å². The molecular formula is C26H42O5. The predicted molar refractivity (Wildman–Crippen MR) is 119 cm³/mol. The molecule has 4 aliphatic rings. The Balaban J connectivity index is 1.54. The van der Waals surface area contributed by atoms with Crippen LogP contribution in [0.15, 0.2) is 11.3 Å². The van der Waals surface area contributed by atoms with Gasteiger partial charge in [-0.3, -0.25) is 4.79 Å². The smallest absolute Gasteiger partial charge is 0.315 e. The predicted octanol–water partition coefficient (Wildman–Crippen LogP) is 5.48. The Hall–Kier alpha value is -0.910. The molecule has 5 heteroatoms. The number of ether oxygens (including phenoxy) is 4. The van der Waals surface area contributed by atoms with Gasteiger partial charge >= 0.3 is 5.97 Å². The number of hydrogen-bond acceptors (Lipinski definition) is 5. The monoisotopic (exact) mass is 434 g/mol. The van der Waals surface area contributed by atoms with Gasteiger partial charge in [0.15, 0.2) is 0 Å². The minimum atomic E-state index is -0.0928. The van der Waals surface area contributed by atoms with Gasteiger partial charge in [0.1, 0.15) is 12.6 Å². The zero-order chi connectivity index (χ0) is 22.2. The SMILES string of the molecule is CCCOC[C@@H](C)[C@H]1CC[C@H]2C3=C(CC[C@]12C)[C@@]1(C)CC[C@H](OCOC)C[C@@H]1C(=O)O3. The van der Waals surface area contributed by atoms with Crippen LogP contribution in [0.1, 0.15) is 79.1 Å². The molecule has 0 radical (unpaired) electrons. The third-order valence-corrected chi connectivity index (χ3v) is 9.21. The largest absolute Gasteiger partial charge is 0.431 e.